The van der Waals surface area contributed by atoms with Crippen LogP contribution in [-0.4, -0.2) is 49.0 Å². The summed E-state index contributed by atoms with van der Waals surface area (Å²) in [5.74, 6) is 0.334. The van der Waals surface area contributed by atoms with Crippen molar-refractivity contribution in [3.8, 4) is 0 Å². The van der Waals surface area contributed by atoms with E-state index in [4.69, 9.17) is 10.9 Å². The second-order valence-corrected chi connectivity index (χ2v) is 5.14. The van der Waals surface area contributed by atoms with Gasteiger partial charge in [0.15, 0.2) is 5.84 Å². The van der Waals surface area contributed by atoms with E-state index in [0.29, 0.717) is 25.3 Å². The minimum Gasteiger partial charge on any atom is -0.409 e. The second-order valence-electron chi connectivity index (χ2n) is 5.14. The van der Waals surface area contributed by atoms with Crippen molar-refractivity contribution >= 4 is 11.7 Å². The van der Waals surface area contributed by atoms with E-state index in [2.05, 4.69) is 17.4 Å². The molecule has 0 aliphatic heterocycles. The highest BCUT2D eigenvalue weighted by molar-refractivity contribution is 6.07. The maximum absolute atomic E-state index is 12.1. The van der Waals surface area contributed by atoms with Gasteiger partial charge < -0.3 is 21.2 Å². The molecule has 0 aromatic heterocycles. The predicted octanol–water partition coefficient (Wildman–Crippen LogP) is -0.173. The maximum Gasteiger partial charge on any atom is 0.234 e. The van der Waals surface area contributed by atoms with Gasteiger partial charge in [-0.25, -0.2) is 0 Å². The third kappa shape index (κ3) is 2.88. The number of carbonyl (C=O) groups excluding carboxylic acids is 1. The average molecular weight is 242 g/mol. The molecule has 17 heavy (non-hydrogen) atoms. The molecule has 0 saturated heterocycles. The van der Waals surface area contributed by atoms with Crippen LogP contribution in [0.3, 0.4) is 0 Å². The number of amides is 1. The van der Waals surface area contributed by atoms with Crippen LogP contribution in [0.15, 0.2) is 5.16 Å². The summed E-state index contributed by atoms with van der Waals surface area (Å²) in [6, 6.07) is 0. The van der Waals surface area contributed by atoms with Gasteiger partial charge in [-0.05, 0) is 32.9 Å². The summed E-state index contributed by atoms with van der Waals surface area (Å²) in [5.41, 5.74) is 4.85. The van der Waals surface area contributed by atoms with Gasteiger partial charge in [0, 0.05) is 13.1 Å². The van der Waals surface area contributed by atoms with E-state index in [1.165, 1.54) is 0 Å². The third-order valence-electron chi connectivity index (χ3n) is 3.27. The number of hydrogen-bond acceptors (Lipinski definition) is 4. The zero-order valence-corrected chi connectivity index (χ0v) is 10.7. The van der Waals surface area contributed by atoms with E-state index in [0.717, 1.165) is 6.54 Å². The smallest absolute Gasteiger partial charge is 0.234 e. The minimum atomic E-state index is -0.791. The van der Waals surface area contributed by atoms with Crippen LogP contribution < -0.4 is 11.1 Å². The van der Waals surface area contributed by atoms with Crippen molar-refractivity contribution < 1.29 is 10.0 Å². The Labute approximate surface area is 102 Å². The largest absolute Gasteiger partial charge is 0.409 e. The van der Waals surface area contributed by atoms with Crippen molar-refractivity contribution in [3.05, 3.63) is 0 Å². The molecule has 0 bridgehead atoms. The van der Waals surface area contributed by atoms with Gasteiger partial charge in [-0.3, -0.25) is 4.79 Å². The van der Waals surface area contributed by atoms with Crippen molar-refractivity contribution in [1.29, 1.82) is 0 Å². The fourth-order valence-corrected chi connectivity index (χ4v) is 2.30. The lowest BCUT2D eigenvalue weighted by molar-refractivity contribution is -0.133. The van der Waals surface area contributed by atoms with E-state index in [1.807, 2.05) is 19.0 Å². The molecule has 1 aliphatic rings. The molecule has 6 heteroatoms. The van der Waals surface area contributed by atoms with E-state index in [1.54, 1.807) is 0 Å². The number of nitrogens with one attached hydrogen (secondary N) is 1. The highest BCUT2D eigenvalue weighted by atomic mass is 16.4. The SMILES string of the molecule is CC1CC(C(=O)NCCN(C)C)(C(N)=NO)C1. The summed E-state index contributed by atoms with van der Waals surface area (Å²) in [6.07, 6.45) is 1.30. The number of carbonyl (C=O) groups is 1. The summed E-state index contributed by atoms with van der Waals surface area (Å²) in [5, 5.41) is 14.6. The Kier molecular flexibility index (Phi) is 4.34. The van der Waals surface area contributed by atoms with Crippen LogP contribution in [-0.2, 0) is 4.79 Å². The van der Waals surface area contributed by atoms with Crippen molar-refractivity contribution in [3.63, 3.8) is 0 Å². The lowest BCUT2D eigenvalue weighted by Gasteiger charge is -2.43. The molecule has 1 fully saturated rings. The first-order chi connectivity index (χ1) is 7.92. The zero-order chi connectivity index (χ0) is 13.1. The number of nitrogens with two attached hydrogens (primary N) is 1. The van der Waals surface area contributed by atoms with Gasteiger partial charge in [-0.15, -0.1) is 0 Å². The quantitative estimate of drug-likeness (QED) is 0.270. The molecule has 4 N–H and O–H groups in total. The summed E-state index contributed by atoms with van der Waals surface area (Å²) in [6.45, 7) is 3.39. The number of hydrogen-bond donors (Lipinski definition) is 3. The number of likely N-dealkylation sites (N-methyl/N-ethyl adjacent to an activating group) is 1. The molecule has 0 radical (unpaired) electrons. The molecule has 1 aliphatic carbocycles. The monoisotopic (exact) mass is 242 g/mol. The fourth-order valence-electron chi connectivity index (χ4n) is 2.30. The summed E-state index contributed by atoms with van der Waals surface area (Å²) in [4.78, 5) is 14.1. The molecule has 1 saturated carbocycles. The van der Waals surface area contributed by atoms with Crippen LogP contribution in [0.5, 0.6) is 0 Å². The Hall–Kier alpha value is -1.30. The highest BCUT2D eigenvalue weighted by Gasteiger charge is 2.51. The van der Waals surface area contributed by atoms with E-state index in [-0.39, 0.29) is 11.7 Å². The van der Waals surface area contributed by atoms with Crippen molar-refractivity contribution in [2.45, 2.75) is 19.8 Å². The van der Waals surface area contributed by atoms with Gasteiger partial charge >= 0.3 is 0 Å². The Morgan fingerprint density at radius 1 is 1.59 bits per heavy atom. The second kappa shape index (κ2) is 5.35. The van der Waals surface area contributed by atoms with Gasteiger partial charge in [0.2, 0.25) is 5.91 Å². The Balaban J connectivity index is 2.57. The molecule has 6 nitrogen and oxygen atoms in total. The van der Waals surface area contributed by atoms with Crippen LogP contribution in [0.25, 0.3) is 0 Å². The fraction of sp³-hybridized carbons (Fsp3) is 0.818. The topological polar surface area (TPSA) is 91.0 Å². The Morgan fingerprint density at radius 3 is 2.59 bits per heavy atom. The first-order valence-electron chi connectivity index (χ1n) is 5.83. The molecule has 1 amide bonds. The average Bonchev–Trinajstić information content (AvgIpc) is 2.22. The summed E-state index contributed by atoms with van der Waals surface area (Å²) >= 11 is 0. The van der Waals surface area contributed by atoms with Gasteiger partial charge in [0.25, 0.3) is 0 Å². The Morgan fingerprint density at radius 2 is 2.18 bits per heavy atom. The number of oxime groups is 1. The molecule has 98 valence electrons. The van der Waals surface area contributed by atoms with Crippen molar-refractivity contribution in [2.24, 2.45) is 22.2 Å². The molecule has 0 aromatic carbocycles. The maximum atomic E-state index is 12.1. The standard InChI is InChI=1S/C11H22N4O2/c1-8-6-11(7-8,9(12)14-17)10(16)13-4-5-15(2)3/h8,17H,4-7H2,1-3H3,(H2,12,14)(H,13,16). The Bertz CT molecular complexity index is 309. The third-order valence-corrected chi connectivity index (χ3v) is 3.27. The first kappa shape index (κ1) is 13.8. The van der Waals surface area contributed by atoms with Crippen molar-refractivity contribution in [1.82, 2.24) is 10.2 Å². The van der Waals surface area contributed by atoms with Crippen LogP contribution in [0.1, 0.15) is 19.8 Å². The number of rotatable bonds is 5. The minimum absolute atomic E-state index is 0.0259. The van der Waals surface area contributed by atoms with Crippen LogP contribution >= 0.6 is 0 Å². The normalized spacial score (nSPS) is 28.9. The molecule has 0 unspecified atom stereocenters. The van der Waals surface area contributed by atoms with E-state index < -0.39 is 5.41 Å². The summed E-state index contributed by atoms with van der Waals surface area (Å²) < 4.78 is 0. The molecule has 0 atom stereocenters. The van der Waals surface area contributed by atoms with Crippen LogP contribution in [0, 0.1) is 11.3 Å². The molecular formula is C11H22N4O2. The van der Waals surface area contributed by atoms with E-state index in [9.17, 15) is 4.79 Å². The molecular weight excluding hydrogens is 220 g/mol. The van der Waals surface area contributed by atoms with Crippen LogP contribution in [0.2, 0.25) is 0 Å². The first-order valence-corrected chi connectivity index (χ1v) is 5.83. The van der Waals surface area contributed by atoms with Crippen molar-refractivity contribution in [2.75, 3.05) is 27.2 Å². The van der Waals surface area contributed by atoms with Gasteiger partial charge in [-0.2, -0.15) is 0 Å². The van der Waals surface area contributed by atoms with Gasteiger partial charge in [-0.1, -0.05) is 12.1 Å². The molecule has 1 rings (SSSR count). The van der Waals surface area contributed by atoms with Gasteiger partial charge in [0.1, 0.15) is 5.41 Å². The van der Waals surface area contributed by atoms with Gasteiger partial charge in [0.05, 0.1) is 0 Å². The highest BCUT2D eigenvalue weighted by Crippen LogP contribution is 2.45. The summed E-state index contributed by atoms with van der Waals surface area (Å²) in [7, 11) is 3.88. The molecule has 0 heterocycles. The van der Waals surface area contributed by atoms with E-state index >= 15 is 0 Å². The molecule has 0 aromatic rings. The molecule has 0 spiro atoms. The number of amidine groups is 1. The van der Waals surface area contributed by atoms with Crippen LogP contribution in [0.4, 0.5) is 0 Å². The number of nitrogens with zero attached hydrogens (tertiary/aromatic N) is 2. The lowest BCUT2D eigenvalue weighted by atomic mass is 9.61. The predicted molar refractivity (Wildman–Crippen MR) is 65.8 cm³/mol. The lowest BCUT2D eigenvalue weighted by Crippen LogP contribution is -2.57. The zero-order valence-electron chi connectivity index (χ0n) is 10.7.